The van der Waals surface area contributed by atoms with E-state index in [4.69, 9.17) is 4.18 Å². The first kappa shape index (κ1) is 15.6. The fourth-order valence-corrected chi connectivity index (χ4v) is 4.01. The minimum absolute atomic E-state index is 0.120. The van der Waals surface area contributed by atoms with Crippen LogP contribution in [0.4, 0.5) is 0 Å². The third-order valence-electron chi connectivity index (χ3n) is 4.13. The first-order valence-corrected chi connectivity index (χ1v) is 9.23. The normalized spacial score (nSPS) is 11.7. The molecule has 0 unspecified atom stereocenters. The van der Waals surface area contributed by atoms with Gasteiger partial charge < -0.3 is 4.18 Å². The summed E-state index contributed by atoms with van der Waals surface area (Å²) in [6.45, 7) is 1.90. The van der Waals surface area contributed by atoms with E-state index in [-0.39, 0.29) is 10.6 Å². The molecule has 0 aliphatic carbocycles. The van der Waals surface area contributed by atoms with Crippen LogP contribution in [-0.2, 0) is 10.1 Å². The topological polar surface area (TPSA) is 56.3 Å². The van der Waals surface area contributed by atoms with Crippen molar-refractivity contribution in [3.8, 4) is 5.75 Å². The Morgan fingerprint density at radius 3 is 2.52 bits per heavy atom. The fraction of sp³-hybridized carbons (Fsp3) is 0.0500. The van der Waals surface area contributed by atoms with Gasteiger partial charge in [0.15, 0.2) is 0 Å². The molecule has 0 saturated carbocycles. The first-order chi connectivity index (χ1) is 12.0. The van der Waals surface area contributed by atoms with E-state index in [0.29, 0.717) is 10.9 Å². The summed E-state index contributed by atoms with van der Waals surface area (Å²) in [5.74, 6) is 0.288. The number of hydrogen-bond acceptors (Lipinski definition) is 4. The number of hydrogen-bond donors (Lipinski definition) is 0. The van der Waals surface area contributed by atoms with E-state index in [1.807, 2.05) is 37.3 Å². The second-order valence-corrected chi connectivity index (χ2v) is 7.34. The van der Waals surface area contributed by atoms with Crippen molar-refractivity contribution in [3.63, 3.8) is 0 Å². The van der Waals surface area contributed by atoms with Crippen molar-refractivity contribution in [1.29, 1.82) is 0 Å². The van der Waals surface area contributed by atoms with Crippen molar-refractivity contribution in [3.05, 3.63) is 78.5 Å². The molecule has 5 heteroatoms. The van der Waals surface area contributed by atoms with Crippen LogP contribution in [0.2, 0.25) is 0 Å². The molecule has 0 N–H and O–H groups in total. The van der Waals surface area contributed by atoms with Crippen LogP contribution < -0.4 is 4.18 Å². The lowest BCUT2D eigenvalue weighted by Crippen LogP contribution is -2.10. The van der Waals surface area contributed by atoms with Crippen molar-refractivity contribution in [2.75, 3.05) is 0 Å². The number of benzene rings is 3. The Morgan fingerprint density at radius 1 is 0.880 bits per heavy atom. The second-order valence-electron chi connectivity index (χ2n) is 5.83. The van der Waals surface area contributed by atoms with Crippen LogP contribution in [0.3, 0.4) is 0 Å². The minimum Gasteiger partial charge on any atom is -0.379 e. The Balaban J connectivity index is 1.80. The van der Waals surface area contributed by atoms with E-state index >= 15 is 0 Å². The van der Waals surface area contributed by atoms with Crippen LogP contribution in [-0.4, -0.2) is 13.4 Å². The van der Waals surface area contributed by atoms with Crippen LogP contribution in [0.5, 0.6) is 5.75 Å². The van der Waals surface area contributed by atoms with Crippen molar-refractivity contribution in [2.45, 2.75) is 11.8 Å². The zero-order valence-corrected chi connectivity index (χ0v) is 14.3. The van der Waals surface area contributed by atoms with Gasteiger partial charge in [-0.05, 0) is 53.6 Å². The third kappa shape index (κ3) is 2.83. The van der Waals surface area contributed by atoms with Crippen LogP contribution in [0.1, 0.15) is 5.56 Å². The van der Waals surface area contributed by atoms with E-state index in [1.165, 1.54) is 0 Å². The van der Waals surface area contributed by atoms with Gasteiger partial charge in [0, 0.05) is 11.6 Å². The van der Waals surface area contributed by atoms with Crippen LogP contribution in [0, 0.1) is 6.92 Å². The molecular formula is C20H15NO3S. The van der Waals surface area contributed by atoms with Crippen LogP contribution >= 0.6 is 0 Å². The predicted molar refractivity (Wildman–Crippen MR) is 98.2 cm³/mol. The highest BCUT2D eigenvalue weighted by atomic mass is 32.2. The van der Waals surface area contributed by atoms with Gasteiger partial charge in [-0.3, -0.25) is 4.98 Å². The van der Waals surface area contributed by atoms with Gasteiger partial charge in [0.2, 0.25) is 0 Å². The summed E-state index contributed by atoms with van der Waals surface area (Å²) in [4.78, 5) is 4.40. The Morgan fingerprint density at radius 2 is 1.68 bits per heavy atom. The van der Waals surface area contributed by atoms with Gasteiger partial charge in [-0.25, -0.2) is 0 Å². The third-order valence-corrected chi connectivity index (χ3v) is 5.43. The van der Waals surface area contributed by atoms with Gasteiger partial charge in [-0.2, -0.15) is 8.42 Å². The maximum Gasteiger partial charge on any atom is 0.339 e. The summed E-state index contributed by atoms with van der Waals surface area (Å²) in [5, 5.41) is 2.51. The molecule has 0 fully saturated rings. The largest absolute Gasteiger partial charge is 0.379 e. The highest BCUT2D eigenvalue weighted by molar-refractivity contribution is 7.87. The van der Waals surface area contributed by atoms with Crippen LogP contribution in [0.25, 0.3) is 21.7 Å². The number of pyridine rings is 1. The smallest absolute Gasteiger partial charge is 0.339 e. The highest BCUT2D eigenvalue weighted by Gasteiger charge is 2.21. The molecule has 4 aromatic rings. The molecule has 0 amide bonds. The average Bonchev–Trinajstić information content (AvgIpc) is 2.61. The van der Waals surface area contributed by atoms with Gasteiger partial charge in [0.25, 0.3) is 0 Å². The molecule has 0 aliphatic rings. The molecular weight excluding hydrogens is 334 g/mol. The maximum atomic E-state index is 12.8. The lowest BCUT2D eigenvalue weighted by atomic mass is 10.1. The number of aryl methyl sites for hydroxylation is 1. The van der Waals surface area contributed by atoms with Gasteiger partial charge in [0.1, 0.15) is 10.6 Å². The molecule has 0 atom stereocenters. The average molecular weight is 349 g/mol. The minimum atomic E-state index is -3.97. The second kappa shape index (κ2) is 5.86. The number of nitrogens with zero attached hydrogens (tertiary/aromatic N) is 1. The Hall–Kier alpha value is -2.92. The molecule has 0 radical (unpaired) electrons. The van der Waals surface area contributed by atoms with E-state index in [1.54, 1.807) is 42.6 Å². The molecule has 0 spiro atoms. The standard InChI is InChI=1S/C20H15NO3S/c1-14-8-11-19(18-7-4-12-21-20(14)18)25(22,23)24-17-10-9-15-5-2-3-6-16(15)13-17/h2-13H,1H3. The number of aromatic nitrogens is 1. The SMILES string of the molecule is Cc1ccc(S(=O)(=O)Oc2ccc3ccccc3c2)c2cccnc12. The van der Waals surface area contributed by atoms with E-state index < -0.39 is 10.1 Å². The van der Waals surface area contributed by atoms with Crippen molar-refractivity contribution >= 4 is 31.8 Å². The highest BCUT2D eigenvalue weighted by Crippen LogP contribution is 2.28. The van der Waals surface area contributed by atoms with Crippen molar-refractivity contribution < 1.29 is 12.6 Å². The van der Waals surface area contributed by atoms with Crippen LogP contribution in [0.15, 0.2) is 77.8 Å². The molecule has 0 saturated heterocycles. The Bertz CT molecular complexity index is 1200. The molecule has 3 aromatic carbocycles. The van der Waals surface area contributed by atoms with Crippen molar-refractivity contribution in [2.24, 2.45) is 0 Å². The summed E-state index contributed by atoms with van der Waals surface area (Å²) in [7, 11) is -3.97. The summed E-state index contributed by atoms with van der Waals surface area (Å²) < 4.78 is 31.0. The zero-order chi connectivity index (χ0) is 17.4. The quantitative estimate of drug-likeness (QED) is 0.512. The number of rotatable bonds is 3. The lowest BCUT2D eigenvalue weighted by molar-refractivity contribution is 0.487. The molecule has 1 heterocycles. The first-order valence-electron chi connectivity index (χ1n) is 7.82. The predicted octanol–water partition coefficient (Wildman–Crippen LogP) is 4.46. The molecule has 0 aliphatic heterocycles. The molecule has 1 aromatic heterocycles. The Labute approximate surface area is 145 Å². The Kier molecular flexibility index (Phi) is 3.66. The molecule has 0 bridgehead atoms. The van der Waals surface area contributed by atoms with E-state index in [9.17, 15) is 8.42 Å². The van der Waals surface area contributed by atoms with E-state index in [0.717, 1.165) is 16.3 Å². The fourth-order valence-electron chi connectivity index (χ4n) is 2.90. The summed E-state index contributed by atoms with van der Waals surface area (Å²) in [6, 6.07) is 19.7. The molecule has 4 rings (SSSR count). The van der Waals surface area contributed by atoms with E-state index in [2.05, 4.69) is 4.98 Å². The molecule has 4 nitrogen and oxygen atoms in total. The summed E-state index contributed by atoms with van der Waals surface area (Å²) in [6.07, 6.45) is 1.65. The zero-order valence-electron chi connectivity index (χ0n) is 13.5. The van der Waals surface area contributed by atoms with Gasteiger partial charge in [0.05, 0.1) is 5.52 Å². The lowest BCUT2D eigenvalue weighted by Gasteiger charge is -2.11. The number of fused-ring (bicyclic) bond motifs is 2. The summed E-state index contributed by atoms with van der Waals surface area (Å²) in [5.41, 5.74) is 1.57. The van der Waals surface area contributed by atoms with Gasteiger partial charge >= 0.3 is 10.1 Å². The molecule has 124 valence electrons. The maximum absolute atomic E-state index is 12.8. The molecule has 25 heavy (non-hydrogen) atoms. The van der Waals surface area contributed by atoms with Crippen molar-refractivity contribution in [1.82, 2.24) is 4.98 Å². The summed E-state index contributed by atoms with van der Waals surface area (Å²) >= 11 is 0. The monoisotopic (exact) mass is 349 g/mol. The van der Waals surface area contributed by atoms with Gasteiger partial charge in [-0.15, -0.1) is 0 Å². The van der Waals surface area contributed by atoms with Gasteiger partial charge in [-0.1, -0.05) is 36.4 Å².